The first-order valence-electron chi connectivity index (χ1n) is 17.0. The third kappa shape index (κ3) is 12.7. The molecular weight excluding hydrogens is 586 g/mol. The van der Waals surface area contributed by atoms with Crippen molar-refractivity contribution in [2.24, 2.45) is 0 Å². The van der Waals surface area contributed by atoms with Gasteiger partial charge in [0.15, 0.2) is 0 Å². The minimum Gasteiger partial charge on any atom is -0.512 e. The molecule has 1 N–H and O–H groups in total. The van der Waals surface area contributed by atoms with Crippen molar-refractivity contribution in [1.29, 1.82) is 0 Å². The van der Waals surface area contributed by atoms with Crippen molar-refractivity contribution in [2.45, 2.75) is 104 Å². The topological polar surface area (TPSA) is 29.5 Å². The molecular formula is C43H56F2O2. The summed E-state index contributed by atoms with van der Waals surface area (Å²) in [4.78, 5) is 0. The average molecular weight is 643 g/mol. The molecule has 4 rings (SSSR count). The summed E-state index contributed by atoms with van der Waals surface area (Å²) in [6.07, 6.45) is 6.51. The van der Waals surface area contributed by atoms with Crippen LogP contribution in [-0.4, -0.2) is 11.7 Å². The summed E-state index contributed by atoms with van der Waals surface area (Å²) in [5, 5.41) is 9.87. The van der Waals surface area contributed by atoms with E-state index in [0.29, 0.717) is 12.5 Å². The molecule has 4 heteroatoms. The normalized spacial score (nSPS) is 11.2. The molecule has 4 aromatic rings. The highest BCUT2D eigenvalue weighted by Crippen LogP contribution is 2.33. The van der Waals surface area contributed by atoms with E-state index in [1.54, 1.807) is 13.0 Å². The van der Waals surface area contributed by atoms with Crippen LogP contribution in [0, 0.1) is 6.92 Å². The van der Waals surface area contributed by atoms with Crippen molar-refractivity contribution in [3.63, 3.8) is 0 Å². The van der Waals surface area contributed by atoms with E-state index in [0.717, 1.165) is 61.5 Å². The number of hydrogen-bond donors (Lipinski definition) is 1. The van der Waals surface area contributed by atoms with E-state index in [9.17, 15) is 13.9 Å². The smallest absolute Gasteiger partial charge is 0.270 e. The number of halogens is 2. The highest BCUT2D eigenvalue weighted by atomic mass is 19.3. The van der Waals surface area contributed by atoms with Gasteiger partial charge in [-0.05, 0) is 80.0 Å². The van der Waals surface area contributed by atoms with Crippen LogP contribution in [0.15, 0.2) is 115 Å². The largest absolute Gasteiger partial charge is 0.512 e. The molecule has 0 spiro atoms. The highest BCUT2D eigenvalue weighted by Gasteiger charge is 2.27. The van der Waals surface area contributed by atoms with Crippen LogP contribution in [-0.2, 0) is 17.8 Å². The van der Waals surface area contributed by atoms with Crippen LogP contribution in [0.3, 0.4) is 0 Å². The molecule has 4 aromatic carbocycles. The van der Waals surface area contributed by atoms with E-state index in [-0.39, 0.29) is 11.3 Å². The van der Waals surface area contributed by atoms with E-state index >= 15 is 0 Å². The van der Waals surface area contributed by atoms with Crippen LogP contribution < -0.4 is 4.74 Å². The Kier molecular flexibility index (Phi) is 16.4. The van der Waals surface area contributed by atoms with Crippen LogP contribution in [0.2, 0.25) is 0 Å². The fourth-order valence-corrected chi connectivity index (χ4v) is 5.40. The van der Waals surface area contributed by atoms with Crippen LogP contribution in [0.5, 0.6) is 5.75 Å². The van der Waals surface area contributed by atoms with E-state index in [1.807, 2.05) is 51.1 Å². The predicted octanol–water partition coefficient (Wildman–Crippen LogP) is 12.9. The molecule has 47 heavy (non-hydrogen) atoms. The van der Waals surface area contributed by atoms with Gasteiger partial charge in [-0.1, -0.05) is 138 Å². The van der Waals surface area contributed by atoms with Gasteiger partial charge in [-0.15, -0.1) is 0 Å². The Morgan fingerprint density at radius 1 is 0.766 bits per heavy atom. The van der Waals surface area contributed by atoms with Gasteiger partial charge in [-0.25, -0.2) is 8.78 Å². The molecule has 2 nitrogen and oxygen atoms in total. The average Bonchev–Trinajstić information content (AvgIpc) is 3.05. The number of aliphatic hydroxyl groups excluding tert-OH is 1. The van der Waals surface area contributed by atoms with Crippen molar-refractivity contribution >= 4 is 0 Å². The molecule has 0 aliphatic carbocycles. The molecule has 0 amide bonds. The van der Waals surface area contributed by atoms with Gasteiger partial charge < -0.3 is 9.84 Å². The minimum atomic E-state index is -2.73. The number of hydrogen-bond acceptors (Lipinski definition) is 2. The van der Waals surface area contributed by atoms with Gasteiger partial charge in [0.05, 0.1) is 12.4 Å². The summed E-state index contributed by atoms with van der Waals surface area (Å²) in [6.45, 7) is 17.2. The Morgan fingerprint density at radius 3 is 1.83 bits per heavy atom. The third-order valence-electron chi connectivity index (χ3n) is 8.39. The van der Waals surface area contributed by atoms with Gasteiger partial charge in [0.2, 0.25) is 0 Å². The maximum absolute atomic E-state index is 13.0. The van der Waals surface area contributed by atoms with Crippen molar-refractivity contribution in [2.75, 3.05) is 6.61 Å². The van der Waals surface area contributed by atoms with Crippen molar-refractivity contribution in [1.82, 2.24) is 0 Å². The first-order valence-corrected chi connectivity index (χ1v) is 17.0. The first kappa shape index (κ1) is 39.3. The standard InChI is InChI=1S/C29H34O2.C11H14F2.C3H8/c1-23(30)29(2,3)26-18-13-19-27(22-26)31-21-12-6-11-20-28(24-14-7-4-8-15-24)25-16-9-5-10-17-25;1-4-9-6-5-7-10(8(9)2)11(3,12)13;1-3-2/h4-5,7-10,13-19,22,28,30H,1,6,11-12,20-21H2,2-3H3;5-7H,4H2,1-3H3;3H2,1-2H3. The SMILES string of the molecule is C=C(O)C(C)(C)c1cccc(OCCCCCC(c2ccccc2)c2ccccc2)c1.CCC.CCc1cccc(C(C)(F)F)c1C. The van der Waals surface area contributed by atoms with Crippen LogP contribution in [0.25, 0.3) is 0 Å². The second kappa shape index (κ2) is 19.7. The number of alkyl halides is 2. The molecule has 0 radical (unpaired) electrons. The summed E-state index contributed by atoms with van der Waals surface area (Å²) < 4.78 is 32.1. The summed E-state index contributed by atoms with van der Waals surface area (Å²) in [6, 6.07) is 34.6. The molecule has 0 saturated heterocycles. The highest BCUT2D eigenvalue weighted by molar-refractivity contribution is 5.38. The molecule has 0 aliphatic heterocycles. The lowest BCUT2D eigenvalue weighted by Gasteiger charge is -2.24. The molecule has 0 fully saturated rings. The number of allylic oxidation sites excluding steroid dienone is 1. The van der Waals surface area contributed by atoms with Crippen LogP contribution >= 0.6 is 0 Å². The molecule has 0 unspecified atom stereocenters. The van der Waals surface area contributed by atoms with Gasteiger partial charge in [0, 0.05) is 23.8 Å². The zero-order valence-corrected chi connectivity index (χ0v) is 29.7. The van der Waals surface area contributed by atoms with Crippen molar-refractivity contribution in [3.05, 3.63) is 149 Å². The van der Waals surface area contributed by atoms with Gasteiger partial charge in [0.25, 0.3) is 5.92 Å². The molecule has 0 aromatic heterocycles. The molecule has 0 saturated carbocycles. The van der Waals surface area contributed by atoms with Crippen molar-refractivity contribution in [3.8, 4) is 5.75 Å². The summed E-state index contributed by atoms with van der Waals surface area (Å²) in [5.41, 5.74) is 5.16. The Balaban J connectivity index is 0.000000398. The van der Waals surface area contributed by atoms with E-state index in [4.69, 9.17) is 4.74 Å². The number of aryl methyl sites for hydroxylation is 1. The number of aliphatic hydroxyl groups is 1. The molecule has 254 valence electrons. The van der Waals surface area contributed by atoms with Gasteiger partial charge in [-0.2, -0.15) is 0 Å². The maximum Gasteiger partial charge on any atom is 0.270 e. The Bertz CT molecular complexity index is 1420. The van der Waals surface area contributed by atoms with Gasteiger partial charge >= 0.3 is 0 Å². The number of benzene rings is 4. The molecule has 0 bridgehead atoms. The molecule has 0 atom stereocenters. The first-order chi connectivity index (χ1) is 22.4. The third-order valence-corrected chi connectivity index (χ3v) is 8.39. The second-order valence-electron chi connectivity index (χ2n) is 12.7. The number of ether oxygens (including phenoxy) is 1. The van der Waals surface area contributed by atoms with Crippen molar-refractivity contribution < 1.29 is 18.6 Å². The summed E-state index contributed by atoms with van der Waals surface area (Å²) in [7, 11) is 0. The molecule has 0 aliphatic rings. The fraction of sp³-hybridized carbons (Fsp3) is 0.395. The van der Waals surface area contributed by atoms with E-state index in [1.165, 1.54) is 23.6 Å². The zero-order valence-electron chi connectivity index (χ0n) is 29.7. The lowest BCUT2D eigenvalue weighted by molar-refractivity contribution is 0.0167. The van der Waals surface area contributed by atoms with Gasteiger partial charge in [0.1, 0.15) is 5.75 Å². The quantitative estimate of drug-likeness (QED) is 0.116. The Labute approximate surface area is 283 Å². The lowest BCUT2D eigenvalue weighted by Crippen LogP contribution is -2.19. The fourth-order valence-electron chi connectivity index (χ4n) is 5.40. The Hall–Kier alpha value is -3.92. The zero-order chi connectivity index (χ0) is 34.9. The Morgan fingerprint density at radius 2 is 1.32 bits per heavy atom. The number of unbranched alkanes of at least 4 members (excludes halogenated alkanes) is 2. The monoisotopic (exact) mass is 642 g/mol. The summed E-state index contributed by atoms with van der Waals surface area (Å²) >= 11 is 0. The second-order valence-corrected chi connectivity index (χ2v) is 12.7. The molecule has 0 heterocycles. The lowest BCUT2D eigenvalue weighted by atomic mass is 9.83. The predicted molar refractivity (Wildman–Crippen MR) is 196 cm³/mol. The van der Waals surface area contributed by atoms with Gasteiger partial charge in [-0.3, -0.25) is 0 Å². The van der Waals surface area contributed by atoms with E-state index < -0.39 is 11.3 Å². The van der Waals surface area contributed by atoms with Crippen LogP contribution in [0.1, 0.15) is 113 Å². The maximum atomic E-state index is 13.0. The number of rotatable bonds is 13. The summed E-state index contributed by atoms with van der Waals surface area (Å²) in [5.74, 6) is -1.28. The van der Waals surface area contributed by atoms with Crippen LogP contribution in [0.4, 0.5) is 8.78 Å². The minimum absolute atomic E-state index is 0.145. The van der Waals surface area contributed by atoms with E-state index in [2.05, 4.69) is 81.1 Å².